The fraction of sp³-hybridized carbons (Fsp3) is 0.680. The minimum Gasteiger partial charge on any atom is -0.467 e. The Kier molecular flexibility index (Phi) is 7.20. The Balaban J connectivity index is 1.67. The molecular formula is C25H38BNO6. The van der Waals surface area contributed by atoms with E-state index in [1.807, 2.05) is 58.0 Å². The van der Waals surface area contributed by atoms with Crippen molar-refractivity contribution < 1.29 is 28.4 Å². The number of nitrogens with zero attached hydrogens (tertiary/aromatic N) is 1. The third-order valence-electron chi connectivity index (χ3n) is 8.08. The molecule has 33 heavy (non-hydrogen) atoms. The number of carbonyl (C=O) groups excluding carboxylic acids is 2. The zero-order valence-electron chi connectivity index (χ0n) is 21.1. The van der Waals surface area contributed by atoms with Gasteiger partial charge in [0.15, 0.2) is 0 Å². The summed E-state index contributed by atoms with van der Waals surface area (Å²) in [5.74, 6) is -0.421. The Morgan fingerprint density at radius 3 is 2.21 bits per heavy atom. The molecule has 7 nitrogen and oxygen atoms in total. The van der Waals surface area contributed by atoms with Gasteiger partial charge in [-0.15, -0.1) is 0 Å². The number of ether oxygens (including phenoxy) is 2. The average Bonchev–Trinajstić information content (AvgIpc) is 3.14. The third-order valence-corrected chi connectivity index (χ3v) is 8.08. The van der Waals surface area contributed by atoms with Crippen LogP contribution in [0.25, 0.3) is 0 Å². The van der Waals surface area contributed by atoms with Crippen LogP contribution in [0.5, 0.6) is 0 Å². The van der Waals surface area contributed by atoms with Gasteiger partial charge in [-0.3, -0.25) is 4.90 Å². The monoisotopic (exact) mass is 459 g/mol. The quantitative estimate of drug-likeness (QED) is 0.429. The van der Waals surface area contributed by atoms with Crippen molar-refractivity contribution in [1.82, 2.24) is 4.90 Å². The van der Waals surface area contributed by atoms with Gasteiger partial charge in [-0.25, -0.2) is 9.59 Å². The van der Waals surface area contributed by atoms with Crippen LogP contribution in [0.2, 0.25) is 6.32 Å². The highest BCUT2D eigenvalue weighted by atomic mass is 16.7. The number of amides is 1. The van der Waals surface area contributed by atoms with Crippen LogP contribution in [0.15, 0.2) is 30.3 Å². The maximum atomic E-state index is 13.0. The summed E-state index contributed by atoms with van der Waals surface area (Å²) in [6.45, 7) is 12.6. The maximum Gasteiger partial charge on any atom is 0.457 e. The molecule has 0 unspecified atom stereocenters. The molecule has 0 bridgehead atoms. The van der Waals surface area contributed by atoms with Gasteiger partial charge in [-0.05, 0) is 59.3 Å². The van der Waals surface area contributed by atoms with Crippen molar-refractivity contribution >= 4 is 19.2 Å². The first kappa shape index (κ1) is 25.6. The van der Waals surface area contributed by atoms with Gasteiger partial charge in [0.25, 0.3) is 0 Å². The largest absolute Gasteiger partial charge is 0.467 e. The smallest absolute Gasteiger partial charge is 0.457 e. The lowest BCUT2D eigenvalue weighted by atomic mass is 9.67. The molecule has 0 radical (unpaired) electrons. The van der Waals surface area contributed by atoms with Crippen LogP contribution in [0.3, 0.4) is 0 Å². The Bertz CT molecular complexity index is 844. The summed E-state index contributed by atoms with van der Waals surface area (Å²) >= 11 is 0. The molecule has 3 rings (SSSR count). The van der Waals surface area contributed by atoms with Gasteiger partial charge in [-0.1, -0.05) is 43.7 Å². The Morgan fingerprint density at radius 2 is 1.64 bits per heavy atom. The number of hydrogen-bond acceptors (Lipinski definition) is 6. The molecule has 0 spiro atoms. The molecule has 2 heterocycles. The molecule has 2 aliphatic heterocycles. The van der Waals surface area contributed by atoms with Crippen LogP contribution in [0, 0.1) is 5.41 Å². The van der Waals surface area contributed by atoms with Gasteiger partial charge in [-0.2, -0.15) is 0 Å². The fourth-order valence-corrected chi connectivity index (χ4v) is 4.89. The predicted molar refractivity (Wildman–Crippen MR) is 127 cm³/mol. The van der Waals surface area contributed by atoms with Gasteiger partial charge in [0.2, 0.25) is 0 Å². The summed E-state index contributed by atoms with van der Waals surface area (Å²) < 4.78 is 23.0. The summed E-state index contributed by atoms with van der Waals surface area (Å²) in [5.41, 5.74) is -1.42. The third kappa shape index (κ3) is 4.78. The van der Waals surface area contributed by atoms with Crippen molar-refractivity contribution in [3.05, 3.63) is 35.9 Å². The van der Waals surface area contributed by atoms with Crippen LogP contribution >= 0.6 is 0 Å². The van der Waals surface area contributed by atoms with Gasteiger partial charge in [0.1, 0.15) is 12.1 Å². The van der Waals surface area contributed by atoms with Gasteiger partial charge < -0.3 is 18.8 Å². The molecule has 182 valence electrons. The van der Waals surface area contributed by atoms with E-state index in [9.17, 15) is 9.59 Å². The second kappa shape index (κ2) is 9.30. The lowest BCUT2D eigenvalue weighted by Gasteiger charge is -2.42. The second-order valence-corrected chi connectivity index (χ2v) is 10.6. The van der Waals surface area contributed by atoms with Gasteiger partial charge in [0, 0.05) is 12.0 Å². The first-order valence-corrected chi connectivity index (χ1v) is 11.8. The van der Waals surface area contributed by atoms with E-state index < -0.39 is 23.0 Å². The molecule has 0 aromatic heterocycles. The summed E-state index contributed by atoms with van der Waals surface area (Å²) in [7, 11) is 1.08. The Labute approximate surface area is 198 Å². The van der Waals surface area contributed by atoms with E-state index in [0.29, 0.717) is 13.0 Å². The molecular weight excluding hydrogens is 421 g/mol. The minimum absolute atomic E-state index is 0.159. The highest BCUT2D eigenvalue weighted by Crippen LogP contribution is 2.50. The first-order valence-electron chi connectivity index (χ1n) is 11.8. The molecule has 1 aromatic rings. The highest BCUT2D eigenvalue weighted by molar-refractivity contribution is 6.45. The van der Waals surface area contributed by atoms with E-state index in [1.165, 1.54) is 12.0 Å². The second-order valence-electron chi connectivity index (χ2n) is 10.6. The molecule has 2 fully saturated rings. The van der Waals surface area contributed by atoms with E-state index in [1.54, 1.807) is 6.92 Å². The van der Waals surface area contributed by atoms with E-state index in [-0.39, 0.29) is 24.9 Å². The van der Waals surface area contributed by atoms with Gasteiger partial charge >= 0.3 is 19.2 Å². The summed E-state index contributed by atoms with van der Waals surface area (Å²) in [4.78, 5) is 27.6. The molecule has 8 heteroatoms. The van der Waals surface area contributed by atoms with E-state index >= 15 is 0 Å². The predicted octanol–water partition coefficient (Wildman–Crippen LogP) is 4.84. The molecule has 0 aliphatic carbocycles. The molecule has 1 aromatic carbocycles. The number of esters is 1. The van der Waals surface area contributed by atoms with E-state index in [2.05, 4.69) is 6.92 Å². The lowest BCUT2D eigenvalue weighted by molar-refractivity contribution is -0.157. The maximum absolute atomic E-state index is 13.0. The molecule has 0 N–H and O–H groups in total. The minimum atomic E-state index is -1.12. The number of benzene rings is 1. The van der Waals surface area contributed by atoms with Crippen molar-refractivity contribution in [3.63, 3.8) is 0 Å². The van der Waals surface area contributed by atoms with Crippen LogP contribution in [-0.2, 0) is 30.2 Å². The topological polar surface area (TPSA) is 74.3 Å². The molecule has 2 aliphatic rings. The number of hydrogen-bond donors (Lipinski definition) is 0. The lowest BCUT2D eigenvalue weighted by Crippen LogP contribution is -2.58. The zero-order valence-corrected chi connectivity index (χ0v) is 21.1. The summed E-state index contributed by atoms with van der Waals surface area (Å²) in [6.07, 6.45) is 2.43. The average molecular weight is 459 g/mol. The molecule has 2 saturated heterocycles. The van der Waals surface area contributed by atoms with Crippen molar-refractivity contribution in [2.24, 2.45) is 5.41 Å². The number of carbonyl (C=O) groups is 2. The SMILES string of the molecule is COC(=O)[C@@]1(C)N(C(=O)OCc2ccccc2)CC[C@@]1(C)CCCB1OC(C)(C)C(C)(C)O1. The van der Waals surface area contributed by atoms with Crippen LogP contribution in [0.4, 0.5) is 4.79 Å². The Hall–Kier alpha value is -2.06. The highest BCUT2D eigenvalue weighted by Gasteiger charge is 2.61. The van der Waals surface area contributed by atoms with E-state index in [4.69, 9.17) is 18.8 Å². The van der Waals surface area contributed by atoms with Crippen molar-refractivity contribution in [2.45, 2.75) is 90.5 Å². The van der Waals surface area contributed by atoms with Crippen LogP contribution in [-0.4, -0.2) is 54.5 Å². The first-order chi connectivity index (χ1) is 15.4. The van der Waals surface area contributed by atoms with Crippen LogP contribution in [0.1, 0.15) is 66.4 Å². The normalized spacial score (nSPS) is 28.1. The van der Waals surface area contributed by atoms with Crippen molar-refractivity contribution in [1.29, 1.82) is 0 Å². The molecule has 2 atom stereocenters. The van der Waals surface area contributed by atoms with Crippen molar-refractivity contribution in [3.8, 4) is 0 Å². The number of likely N-dealkylation sites (tertiary alicyclic amines) is 1. The number of rotatable bonds is 7. The summed E-state index contributed by atoms with van der Waals surface area (Å²) in [6, 6.07) is 9.51. The standard InChI is InChI=1S/C25H38BNO6/c1-22(2)23(3,4)33-26(32-22)16-11-14-24(5)15-17-27(25(24,6)20(28)30-7)21(29)31-18-19-12-9-8-10-13-19/h8-10,12-13H,11,14-18H2,1-7H3/t24-,25-/m1/s1. The van der Waals surface area contributed by atoms with Crippen LogP contribution < -0.4 is 0 Å². The molecule has 1 amide bonds. The van der Waals surface area contributed by atoms with E-state index in [0.717, 1.165) is 24.7 Å². The van der Waals surface area contributed by atoms with Crippen molar-refractivity contribution in [2.75, 3.05) is 13.7 Å². The van der Waals surface area contributed by atoms with Gasteiger partial charge in [0.05, 0.1) is 18.3 Å². The molecule has 0 saturated carbocycles. The summed E-state index contributed by atoms with van der Waals surface area (Å²) in [5, 5.41) is 0. The number of methoxy groups -OCH3 is 1. The Morgan fingerprint density at radius 1 is 1.03 bits per heavy atom. The zero-order chi connectivity index (χ0) is 24.5. The fourth-order valence-electron chi connectivity index (χ4n) is 4.89.